The molecular formula is C11H12Cl2FNO. The summed E-state index contributed by atoms with van der Waals surface area (Å²) in [4.78, 5) is 0. The van der Waals surface area contributed by atoms with Crippen molar-refractivity contribution in [3.8, 4) is 0 Å². The largest absolute Gasteiger partial charge is 0.371 e. The van der Waals surface area contributed by atoms with Crippen molar-refractivity contribution in [2.75, 3.05) is 13.2 Å². The molecule has 0 saturated carbocycles. The highest BCUT2D eigenvalue weighted by atomic mass is 35.5. The van der Waals surface area contributed by atoms with Crippen molar-refractivity contribution in [1.29, 1.82) is 0 Å². The molecular weight excluding hydrogens is 252 g/mol. The maximum absolute atomic E-state index is 13.3. The van der Waals surface area contributed by atoms with Gasteiger partial charge in [-0.2, -0.15) is 0 Å². The van der Waals surface area contributed by atoms with Crippen molar-refractivity contribution >= 4 is 23.2 Å². The van der Waals surface area contributed by atoms with Crippen LogP contribution in [0.25, 0.3) is 0 Å². The Kier molecular flexibility index (Phi) is 3.70. The minimum absolute atomic E-state index is 0.0332. The number of ether oxygens (including phenoxy) is 1. The first kappa shape index (κ1) is 12.1. The Balaban J connectivity index is 2.23. The Bertz CT molecular complexity index is 392. The molecule has 1 aliphatic heterocycles. The Morgan fingerprint density at radius 2 is 2.12 bits per heavy atom. The number of hydrogen-bond donors (Lipinski definition) is 1. The molecule has 2 unspecified atom stereocenters. The fourth-order valence-corrected chi connectivity index (χ4v) is 2.18. The van der Waals surface area contributed by atoms with Gasteiger partial charge in [-0.05, 0) is 19.1 Å². The lowest BCUT2D eigenvalue weighted by Crippen LogP contribution is -2.40. The monoisotopic (exact) mass is 263 g/mol. The second kappa shape index (κ2) is 4.88. The first-order valence-electron chi connectivity index (χ1n) is 5.07. The van der Waals surface area contributed by atoms with Gasteiger partial charge in [0.2, 0.25) is 0 Å². The molecule has 2 rings (SSSR count). The van der Waals surface area contributed by atoms with Crippen LogP contribution in [0, 0.1) is 5.82 Å². The van der Waals surface area contributed by atoms with E-state index >= 15 is 0 Å². The minimum Gasteiger partial charge on any atom is -0.371 e. The third-order valence-corrected chi connectivity index (χ3v) is 3.20. The van der Waals surface area contributed by atoms with Gasteiger partial charge < -0.3 is 10.1 Å². The van der Waals surface area contributed by atoms with Crippen LogP contribution in [0.2, 0.25) is 10.0 Å². The second-order valence-electron chi connectivity index (χ2n) is 3.92. The summed E-state index contributed by atoms with van der Waals surface area (Å²) in [6, 6.07) is 3.06. The summed E-state index contributed by atoms with van der Waals surface area (Å²) in [5.74, 6) is -0.469. The van der Waals surface area contributed by atoms with Crippen LogP contribution in [0.15, 0.2) is 12.1 Å². The van der Waals surface area contributed by atoms with E-state index in [2.05, 4.69) is 5.32 Å². The number of rotatable bonds is 1. The van der Waals surface area contributed by atoms with Gasteiger partial charge in [-0.15, -0.1) is 0 Å². The molecule has 16 heavy (non-hydrogen) atoms. The molecule has 1 N–H and O–H groups in total. The van der Waals surface area contributed by atoms with Crippen LogP contribution in [-0.4, -0.2) is 19.2 Å². The Morgan fingerprint density at radius 1 is 1.38 bits per heavy atom. The molecule has 0 bridgehead atoms. The summed E-state index contributed by atoms with van der Waals surface area (Å²) in [7, 11) is 0. The predicted molar refractivity (Wildman–Crippen MR) is 62.6 cm³/mol. The summed E-state index contributed by atoms with van der Waals surface area (Å²) in [6.45, 7) is 3.24. The van der Waals surface area contributed by atoms with Gasteiger partial charge in [0.15, 0.2) is 0 Å². The molecule has 2 nitrogen and oxygen atoms in total. The lowest BCUT2D eigenvalue weighted by atomic mass is 10.1. The molecule has 0 aromatic heterocycles. The van der Waals surface area contributed by atoms with E-state index in [1.165, 1.54) is 12.1 Å². The normalized spacial score (nSPS) is 25.8. The third-order valence-electron chi connectivity index (χ3n) is 2.59. The minimum atomic E-state index is -0.469. The van der Waals surface area contributed by atoms with Crippen LogP contribution in [0.5, 0.6) is 0 Å². The Morgan fingerprint density at radius 3 is 2.75 bits per heavy atom. The van der Waals surface area contributed by atoms with Crippen LogP contribution in [0.1, 0.15) is 18.6 Å². The van der Waals surface area contributed by atoms with Gasteiger partial charge in [0.05, 0.1) is 17.7 Å². The molecule has 1 aromatic carbocycles. The molecule has 0 amide bonds. The highest BCUT2D eigenvalue weighted by Gasteiger charge is 2.22. The topological polar surface area (TPSA) is 21.3 Å². The van der Waals surface area contributed by atoms with Gasteiger partial charge in [-0.3, -0.25) is 0 Å². The Hall–Kier alpha value is -0.350. The summed E-state index contributed by atoms with van der Waals surface area (Å²) in [5.41, 5.74) is 0.642. The van der Waals surface area contributed by atoms with Crippen LogP contribution >= 0.6 is 23.2 Å². The number of nitrogens with one attached hydrogen (secondary N) is 1. The van der Waals surface area contributed by atoms with Crippen molar-refractivity contribution < 1.29 is 9.13 Å². The van der Waals surface area contributed by atoms with Crippen LogP contribution < -0.4 is 5.32 Å². The molecule has 2 atom stereocenters. The van der Waals surface area contributed by atoms with E-state index in [1.807, 2.05) is 6.92 Å². The Labute approximate surface area is 104 Å². The molecule has 1 fully saturated rings. The predicted octanol–water partition coefficient (Wildman–Crippen LogP) is 3.18. The van der Waals surface area contributed by atoms with E-state index < -0.39 is 5.82 Å². The van der Waals surface area contributed by atoms with Gasteiger partial charge >= 0.3 is 0 Å². The van der Waals surface area contributed by atoms with E-state index in [1.54, 1.807) is 0 Å². The molecule has 1 saturated heterocycles. The van der Waals surface area contributed by atoms with Crippen molar-refractivity contribution in [2.45, 2.75) is 19.1 Å². The second-order valence-corrected chi connectivity index (χ2v) is 4.73. The summed E-state index contributed by atoms with van der Waals surface area (Å²) >= 11 is 11.6. The van der Waals surface area contributed by atoms with Gasteiger partial charge in [0.25, 0.3) is 0 Å². The highest BCUT2D eigenvalue weighted by Crippen LogP contribution is 2.31. The van der Waals surface area contributed by atoms with Crippen molar-refractivity contribution in [2.24, 2.45) is 0 Å². The van der Waals surface area contributed by atoms with Crippen molar-refractivity contribution in [3.63, 3.8) is 0 Å². The van der Waals surface area contributed by atoms with Crippen LogP contribution in [0.3, 0.4) is 0 Å². The lowest BCUT2D eigenvalue weighted by molar-refractivity contribution is 0.00686. The van der Waals surface area contributed by atoms with E-state index in [0.29, 0.717) is 29.8 Å². The van der Waals surface area contributed by atoms with Gasteiger partial charge in [0, 0.05) is 23.2 Å². The molecule has 1 aromatic rings. The van der Waals surface area contributed by atoms with Crippen molar-refractivity contribution in [1.82, 2.24) is 5.32 Å². The van der Waals surface area contributed by atoms with Gasteiger partial charge in [-0.25, -0.2) is 4.39 Å². The third kappa shape index (κ3) is 2.48. The fraction of sp³-hybridized carbons (Fsp3) is 0.455. The molecule has 0 aliphatic carbocycles. The smallest absolute Gasteiger partial charge is 0.142 e. The van der Waals surface area contributed by atoms with Crippen LogP contribution in [0.4, 0.5) is 4.39 Å². The zero-order valence-electron chi connectivity index (χ0n) is 8.77. The van der Waals surface area contributed by atoms with E-state index in [0.717, 1.165) is 0 Å². The van der Waals surface area contributed by atoms with Gasteiger partial charge in [0.1, 0.15) is 5.82 Å². The molecule has 88 valence electrons. The zero-order chi connectivity index (χ0) is 11.7. The quantitative estimate of drug-likeness (QED) is 0.786. The number of morpholine rings is 1. The first-order chi connectivity index (χ1) is 7.58. The van der Waals surface area contributed by atoms with E-state index in [4.69, 9.17) is 27.9 Å². The average Bonchev–Trinajstić information content (AvgIpc) is 2.25. The maximum atomic E-state index is 13.3. The fourth-order valence-electron chi connectivity index (χ4n) is 1.67. The standard InChI is InChI=1S/C11H12Cl2FNO/c1-6-5-16-11(4-15-6)7-2-10(14)9(13)3-8(7)12/h2-3,6,11,15H,4-5H2,1H3. The van der Waals surface area contributed by atoms with Crippen molar-refractivity contribution in [3.05, 3.63) is 33.6 Å². The number of halogens is 3. The number of benzene rings is 1. The van der Waals surface area contributed by atoms with E-state index in [-0.39, 0.29) is 11.1 Å². The maximum Gasteiger partial charge on any atom is 0.142 e. The van der Waals surface area contributed by atoms with Gasteiger partial charge in [-0.1, -0.05) is 23.2 Å². The summed E-state index contributed by atoms with van der Waals surface area (Å²) in [5, 5.41) is 3.72. The first-order valence-corrected chi connectivity index (χ1v) is 5.83. The average molecular weight is 264 g/mol. The zero-order valence-corrected chi connectivity index (χ0v) is 10.3. The summed E-state index contributed by atoms with van der Waals surface area (Å²) in [6.07, 6.45) is -0.213. The van der Waals surface area contributed by atoms with E-state index in [9.17, 15) is 4.39 Å². The molecule has 5 heteroatoms. The molecule has 1 heterocycles. The molecule has 0 spiro atoms. The SMILES string of the molecule is CC1COC(c2cc(F)c(Cl)cc2Cl)CN1. The summed E-state index contributed by atoms with van der Waals surface area (Å²) < 4.78 is 18.9. The van der Waals surface area contributed by atoms with Crippen LogP contribution in [-0.2, 0) is 4.74 Å². The molecule has 1 aliphatic rings. The highest BCUT2D eigenvalue weighted by molar-refractivity contribution is 6.35. The molecule has 0 radical (unpaired) electrons. The lowest BCUT2D eigenvalue weighted by Gasteiger charge is -2.29. The number of hydrogen-bond acceptors (Lipinski definition) is 2.